The van der Waals surface area contributed by atoms with Gasteiger partial charge in [-0.25, -0.2) is 18.5 Å². The fourth-order valence-corrected chi connectivity index (χ4v) is 3.12. The molecule has 0 saturated heterocycles. The number of sulfonamides is 1. The van der Waals surface area contributed by atoms with Gasteiger partial charge in [-0.15, -0.1) is 0 Å². The summed E-state index contributed by atoms with van der Waals surface area (Å²) in [6.07, 6.45) is 2.18. The Morgan fingerprint density at radius 2 is 2.00 bits per heavy atom. The molecule has 0 bridgehead atoms. The predicted molar refractivity (Wildman–Crippen MR) is 76.9 cm³/mol. The molecule has 0 spiro atoms. The van der Waals surface area contributed by atoms with E-state index in [1.807, 2.05) is 30.1 Å². The topological polar surface area (TPSA) is 76.3 Å². The van der Waals surface area contributed by atoms with Gasteiger partial charge in [0.25, 0.3) is 0 Å². The summed E-state index contributed by atoms with van der Waals surface area (Å²) >= 11 is 1.08. The van der Waals surface area contributed by atoms with Gasteiger partial charge >= 0.3 is 0 Å². The van der Waals surface area contributed by atoms with E-state index in [1.165, 1.54) is 11.8 Å². The number of thiazole rings is 1. The minimum absolute atomic E-state index is 0.0917. The Bertz CT molecular complexity index is 638. The van der Waals surface area contributed by atoms with Crippen LogP contribution in [0, 0.1) is 0 Å². The summed E-state index contributed by atoms with van der Waals surface area (Å²) in [7, 11) is -1.77. The highest BCUT2D eigenvalue weighted by molar-refractivity contribution is 7.91. The van der Waals surface area contributed by atoms with Crippen molar-refractivity contribution < 1.29 is 8.42 Å². The maximum absolute atomic E-state index is 11.2. The highest BCUT2D eigenvalue weighted by Gasteiger charge is 2.14. The Morgan fingerprint density at radius 1 is 1.32 bits per heavy atom. The average molecular weight is 297 g/mol. The van der Waals surface area contributed by atoms with Crippen molar-refractivity contribution in [2.24, 2.45) is 5.14 Å². The molecule has 0 radical (unpaired) electrons. The Morgan fingerprint density at radius 3 is 2.58 bits per heavy atom. The standard InChI is InChI=1S/C12H15N3O2S2/c1-15(8-7-10-5-3-2-4-6-10)12-14-9-11(18-12)19(13,16)17/h2-6,9H,7-8H2,1H3,(H2,13,16,17). The highest BCUT2D eigenvalue weighted by atomic mass is 32.2. The molecule has 0 aliphatic rings. The summed E-state index contributed by atoms with van der Waals surface area (Å²) in [5, 5.41) is 5.71. The van der Waals surface area contributed by atoms with Crippen molar-refractivity contribution in [3.63, 3.8) is 0 Å². The molecule has 5 nitrogen and oxygen atoms in total. The first kappa shape index (κ1) is 14.0. The van der Waals surface area contributed by atoms with Crippen LogP contribution in [0.3, 0.4) is 0 Å². The van der Waals surface area contributed by atoms with Gasteiger partial charge in [0.05, 0.1) is 6.20 Å². The van der Waals surface area contributed by atoms with E-state index in [0.717, 1.165) is 24.3 Å². The van der Waals surface area contributed by atoms with Crippen molar-refractivity contribution >= 4 is 26.5 Å². The normalized spacial score (nSPS) is 11.5. The molecule has 0 atom stereocenters. The Labute approximate surface area is 116 Å². The largest absolute Gasteiger partial charge is 0.351 e. The van der Waals surface area contributed by atoms with E-state index < -0.39 is 10.0 Å². The van der Waals surface area contributed by atoms with Crippen LogP contribution in [0.1, 0.15) is 5.56 Å². The number of benzene rings is 1. The number of nitrogens with zero attached hydrogens (tertiary/aromatic N) is 2. The van der Waals surface area contributed by atoms with E-state index in [0.29, 0.717) is 5.13 Å². The maximum atomic E-state index is 11.2. The Kier molecular flexibility index (Phi) is 4.18. The molecule has 0 aliphatic heterocycles. The molecule has 7 heteroatoms. The fraction of sp³-hybridized carbons (Fsp3) is 0.250. The summed E-state index contributed by atoms with van der Waals surface area (Å²) in [4.78, 5) is 6.00. The summed E-state index contributed by atoms with van der Waals surface area (Å²) in [5.74, 6) is 0. The SMILES string of the molecule is CN(CCc1ccccc1)c1ncc(S(N)(=O)=O)s1. The molecule has 1 heterocycles. The molecule has 102 valence electrons. The summed E-state index contributed by atoms with van der Waals surface area (Å²) in [5.41, 5.74) is 1.23. The molecule has 2 rings (SSSR count). The van der Waals surface area contributed by atoms with Crippen LogP contribution < -0.4 is 10.0 Å². The van der Waals surface area contributed by atoms with Crippen molar-refractivity contribution in [3.05, 3.63) is 42.1 Å². The number of hydrogen-bond donors (Lipinski definition) is 1. The van der Waals surface area contributed by atoms with Crippen molar-refractivity contribution in [2.75, 3.05) is 18.5 Å². The average Bonchev–Trinajstić information content (AvgIpc) is 2.87. The molecule has 1 aromatic carbocycles. The minimum atomic E-state index is -3.65. The number of hydrogen-bond acceptors (Lipinski definition) is 5. The van der Waals surface area contributed by atoms with E-state index in [4.69, 9.17) is 5.14 Å². The maximum Gasteiger partial charge on any atom is 0.249 e. The third-order valence-corrected chi connectivity index (χ3v) is 5.18. The lowest BCUT2D eigenvalue weighted by molar-refractivity contribution is 0.599. The van der Waals surface area contributed by atoms with Gasteiger partial charge < -0.3 is 4.90 Å². The van der Waals surface area contributed by atoms with Crippen LogP contribution in [0.2, 0.25) is 0 Å². The van der Waals surface area contributed by atoms with Crippen LogP contribution in [0.25, 0.3) is 0 Å². The predicted octanol–water partition coefficient (Wildman–Crippen LogP) is 1.47. The van der Waals surface area contributed by atoms with Gasteiger partial charge in [-0.05, 0) is 12.0 Å². The van der Waals surface area contributed by atoms with Crippen molar-refractivity contribution in [3.8, 4) is 0 Å². The second kappa shape index (κ2) is 5.68. The number of primary sulfonamides is 1. The zero-order chi connectivity index (χ0) is 13.9. The van der Waals surface area contributed by atoms with E-state index in [9.17, 15) is 8.42 Å². The van der Waals surface area contributed by atoms with Crippen LogP contribution >= 0.6 is 11.3 Å². The van der Waals surface area contributed by atoms with Crippen LogP contribution in [-0.4, -0.2) is 27.0 Å². The van der Waals surface area contributed by atoms with E-state index in [1.54, 1.807) is 0 Å². The van der Waals surface area contributed by atoms with Crippen LogP contribution in [-0.2, 0) is 16.4 Å². The molecule has 0 saturated carbocycles. The number of nitrogens with two attached hydrogens (primary N) is 1. The number of aromatic nitrogens is 1. The fourth-order valence-electron chi connectivity index (χ4n) is 1.60. The molecule has 0 amide bonds. The molecular weight excluding hydrogens is 282 g/mol. The zero-order valence-electron chi connectivity index (χ0n) is 10.5. The first-order chi connectivity index (χ1) is 8.97. The second-order valence-corrected chi connectivity index (χ2v) is 6.96. The van der Waals surface area contributed by atoms with Crippen molar-refractivity contribution in [1.29, 1.82) is 0 Å². The molecule has 1 aromatic heterocycles. The van der Waals surface area contributed by atoms with Gasteiger partial charge in [-0.1, -0.05) is 41.7 Å². The van der Waals surface area contributed by atoms with Crippen LogP contribution in [0.4, 0.5) is 5.13 Å². The lowest BCUT2D eigenvalue weighted by Gasteiger charge is -2.15. The van der Waals surface area contributed by atoms with Gasteiger partial charge in [0.2, 0.25) is 10.0 Å². The van der Waals surface area contributed by atoms with Gasteiger partial charge in [-0.3, -0.25) is 0 Å². The lowest BCUT2D eigenvalue weighted by atomic mass is 10.1. The molecule has 0 aliphatic carbocycles. The Balaban J connectivity index is 2.01. The lowest BCUT2D eigenvalue weighted by Crippen LogP contribution is -2.19. The van der Waals surface area contributed by atoms with Gasteiger partial charge in [0.1, 0.15) is 0 Å². The molecule has 0 fully saturated rings. The van der Waals surface area contributed by atoms with Crippen molar-refractivity contribution in [2.45, 2.75) is 10.6 Å². The molecule has 2 N–H and O–H groups in total. The molecule has 0 unspecified atom stereocenters. The van der Waals surface area contributed by atoms with Crippen molar-refractivity contribution in [1.82, 2.24) is 4.98 Å². The smallest absolute Gasteiger partial charge is 0.249 e. The molecular formula is C12H15N3O2S2. The Hall–Kier alpha value is -1.44. The van der Waals surface area contributed by atoms with Gasteiger partial charge in [-0.2, -0.15) is 0 Å². The highest BCUT2D eigenvalue weighted by Crippen LogP contribution is 2.24. The number of rotatable bonds is 5. The van der Waals surface area contributed by atoms with Crippen LogP contribution in [0.15, 0.2) is 40.7 Å². The summed E-state index contributed by atoms with van der Waals surface area (Å²) in [6.45, 7) is 0.765. The van der Waals surface area contributed by atoms with Gasteiger partial charge in [0.15, 0.2) is 9.34 Å². The van der Waals surface area contributed by atoms with Gasteiger partial charge in [0, 0.05) is 13.6 Å². The van der Waals surface area contributed by atoms with E-state index >= 15 is 0 Å². The van der Waals surface area contributed by atoms with Crippen LogP contribution in [0.5, 0.6) is 0 Å². The first-order valence-electron chi connectivity index (χ1n) is 5.70. The monoisotopic (exact) mass is 297 g/mol. The van der Waals surface area contributed by atoms with E-state index in [-0.39, 0.29) is 4.21 Å². The minimum Gasteiger partial charge on any atom is -0.351 e. The second-order valence-electron chi connectivity index (χ2n) is 4.16. The summed E-state index contributed by atoms with van der Waals surface area (Å²) in [6, 6.07) is 10.1. The number of anilines is 1. The molecule has 2 aromatic rings. The third-order valence-electron chi connectivity index (χ3n) is 2.66. The quantitative estimate of drug-likeness (QED) is 0.906. The first-order valence-corrected chi connectivity index (χ1v) is 8.07. The molecule has 19 heavy (non-hydrogen) atoms. The summed E-state index contributed by atoms with van der Waals surface area (Å²) < 4.78 is 22.4. The number of likely N-dealkylation sites (N-methyl/N-ethyl adjacent to an activating group) is 1. The zero-order valence-corrected chi connectivity index (χ0v) is 12.1. The van der Waals surface area contributed by atoms with E-state index in [2.05, 4.69) is 17.1 Å². The third kappa shape index (κ3) is 3.76.